The van der Waals surface area contributed by atoms with E-state index in [1.165, 1.54) is 55.3 Å². The maximum atomic E-state index is 6.84. The van der Waals surface area contributed by atoms with Crippen LogP contribution in [-0.2, 0) is 10.8 Å². The molecule has 0 amide bonds. The van der Waals surface area contributed by atoms with Gasteiger partial charge in [0.15, 0.2) is 0 Å². The van der Waals surface area contributed by atoms with Gasteiger partial charge in [-0.05, 0) is 86.0 Å². The van der Waals surface area contributed by atoms with Crippen LogP contribution in [0.5, 0.6) is 11.5 Å². The number of hydrogen-bond donors (Lipinski definition) is 0. The summed E-state index contributed by atoms with van der Waals surface area (Å²) in [5, 5.41) is 2.57. The predicted octanol–water partition coefficient (Wildman–Crippen LogP) is 12.3. The smallest absolute Gasteiger partial charge is 0.132 e. The largest absolute Gasteiger partial charge is 0.457 e. The first kappa shape index (κ1) is 28.8. The molecule has 1 unspecified atom stereocenters. The SMILES string of the molecule is CC1(c2ccccc2)c2cc(-c3ccc4c(c3)Oc3ccccc3C4(c3ccccc3)c3ccccc3)ccc2-c2c1ccc1ccccc21. The van der Waals surface area contributed by atoms with Gasteiger partial charge >= 0.3 is 0 Å². The summed E-state index contributed by atoms with van der Waals surface area (Å²) in [5.41, 5.74) is 12.9. The lowest BCUT2D eigenvalue weighted by Gasteiger charge is -2.41. The summed E-state index contributed by atoms with van der Waals surface area (Å²) in [7, 11) is 0. The summed E-state index contributed by atoms with van der Waals surface area (Å²) in [6, 6.07) is 68.6. The Labute approximate surface area is 293 Å². The maximum Gasteiger partial charge on any atom is 0.132 e. The molecule has 0 radical (unpaired) electrons. The third-order valence-electron chi connectivity index (χ3n) is 11.3. The minimum absolute atomic E-state index is 0.300. The highest BCUT2D eigenvalue weighted by atomic mass is 16.5. The molecule has 0 aromatic heterocycles. The first-order valence-electron chi connectivity index (χ1n) is 17.4. The van der Waals surface area contributed by atoms with E-state index in [4.69, 9.17) is 4.74 Å². The molecule has 50 heavy (non-hydrogen) atoms. The number of para-hydroxylation sites is 1. The van der Waals surface area contributed by atoms with Gasteiger partial charge in [-0.2, -0.15) is 0 Å². The number of hydrogen-bond acceptors (Lipinski definition) is 1. The molecule has 2 aliphatic rings. The average molecular weight is 639 g/mol. The molecule has 10 rings (SSSR count). The molecule has 8 aromatic carbocycles. The summed E-state index contributed by atoms with van der Waals surface area (Å²) in [5.74, 6) is 1.77. The molecular formula is C49H34O. The van der Waals surface area contributed by atoms with E-state index in [1.807, 2.05) is 0 Å². The Bertz CT molecular complexity index is 2530. The van der Waals surface area contributed by atoms with Gasteiger partial charge in [0.2, 0.25) is 0 Å². The standard InChI is InChI=1S/C49H34O/c1-48(36-16-5-2-6-17-36)43-30-26-33-15-11-12-22-39(33)47(43)40-28-25-34(31-44(40)48)35-27-29-42-46(32-35)50-45-24-14-13-23-41(45)49(42,37-18-7-3-8-19-37)38-20-9-4-10-21-38/h2-32H,1H3. The third kappa shape index (κ3) is 3.95. The Morgan fingerprint density at radius 1 is 0.400 bits per heavy atom. The second-order valence-electron chi connectivity index (χ2n) is 13.8. The van der Waals surface area contributed by atoms with Crippen molar-refractivity contribution in [1.82, 2.24) is 0 Å². The molecule has 0 saturated carbocycles. The van der Waals surface area contributed by atoms with Crippen molar-refractivity contribution in [3.8, 4) is 33.8 Å². The van der Waals surface area contributed by atoms with Crippen LogP contribution in [-0.4, -0.2) is 0 Å². The maximum absolute atomic E-state index is 6.84. The number of benzene rings is 8. The lowest BCUT2D eigenvalue weighted by atomic mass is 9.63. The van der Waals surface area contributed by atoms with Gasteiger partial charge in [-0.3, -0.25) is 0 Å². The molecule has 236 valence electrons. The van der Waals surface area contributed by atoms with E-state index in [0.717, 1.165) is 28.2 Å². The van der Waals surface area contributed by atoms with E-state index < -0.39 is 5.41 Å². The van der Waals surface area contributed by atoms with Crippen LogP contribution in [0.4, 0.5) is 0 Å². The van der Waals surface area contributed by atoms with Gasteiger partial charge in [0.05, 0.1) is 5.41 Å². The highest BCUT2D eigenvalue weighted by molar-refractivity contribution is 6.03. The molecule has 0 saturated heterocycles. The fourth-order valence-electron chi connectivity index (χ4n) is 8.95. The zero-order valence-corrected chi connectivity index (χ0v) is 27.8. The van der Waals surface area contributed by atoms with Crippen molar-refractivity contribution in [2.75, 3.05) is 0 Å². The van der Waals surface area contributed by atoms with E-state index in [1.54, 1.807) is 0 Å². The Hall–Kier alpha value is -6.18. The summed E-state index contributed by atoms with van der Waals surface area (Å²) >= 11 is 0. The van der Waals surface area contributed by atoms with Crippen molar-refractivity contribution in [3.05, 3.63) is 227 Å². The fraction of sp³-hybridized carbons (Fsp3) is 0.0612. The van der Waals surface area contributed by atoms with Gasteiger partial charge in [-0.1, -0.05) is 170 Å². The van der Waals surface area contributed by atoms with Crippen molar-refractivity contribution in [3.63, 3.8) is 0 Å². The number of ether oxygens (including phenoxy) is 1. The third-order valence-corrected chi connectivity index (χ3v) is 11.3. The zero-order valence-electron chi connectivity index (χ0n) is 27.8. The van der Waals surface area contributed by atoms with Gasteiger partial charge in [0.25, 0.3) is 0 Å². The lowest BCUT2D eigenvalue weighted by molar-refractivity contribution is 0.435. The normalized spacial score (nSPS) is 16.5. The van der Waals surface area contributed by atoms with Crippen LogP contribution in [0.1, 0.15) is 45.9 Å². The van der Waals surface area contributed by atoms with Gasteiger partial charge in [-0.25, -0.2) is 0 Å². The number of fused-ring (bicyclic) bond motifs is 7. The minimum Gasteiger partial charge on any atom is -0.457 e. The summed E-state index contributed by atoms with van der Waals surface area (Å²) in [6.45, 7) is 2.40. The van der Waals surface area contributed by atoms with Crippen LogP contribution in [0, 0.1) is 0 Å². The molecule has 0 spiro atoms. The first-order chi connectivity index (χ1) is 24.7. The molecule has 1 aliphatic carbocycles. The van der Waals surface area contributed by atoms with E-state index >= 15 is 0 Å². The van der Waals surface area contributed by atoms with Crippen LogP contribution in [0.15, 0.2) is 188 Å². The van der Waals surface area contributed by atoms with Crippen LogP contribution in [0.3, 0.4) is 0 Å². The molecule has 0 N–H and O–H groups in total. The van der Waals surface area contributed by atoms with Gasteiger partial charge < -0.3 is 4.74 Å². The second-order valence-corrected chi connectivity index (χ2v) is 13.8. The Morgan fingerprint density at radius 3 is 1.70 bits per heavy atom. The van der Waals surface area contributed by atoms with Crippen molar-refractivity contribution in [1.29, 1.82) is 0 Å². The minimum atomic E-state index is -0.530. The molecule has 1 aliphatic heterocycles. The van der Waals surface area contributed by atoms with E-state index in [9.17, 15) is 0 Å². The zero-order chi connectivity index (χ0) is 33.3. The van der Waals surface area contributed by atoms with E-state index in [2.05, 4.69) is 195 Å². The molecule has 1 heterocycles. The summed E-state index contributed by atoms with van der Waals surface area (Å²) in [6.07, 6.45) is 0. The molecule has 1 atom stereocenters. The van der Waals surface area contributed by atoms with E-state index in [0.29, 0.717) is 0 Å². The van der Waals surface area contributed by atoms with Gasteiger partial charge in [0, 0.05) is 16.5 Å². The molecule has 1 heteroatoms. The molecule has 0 fully saturated rings. The Morgan fingerprint density at radius 2 is 0.960 bits per heavy atom. The quantitative estimate of drug-likeness (QED) is 0.186. The van der Waals surface area contributed by atoms with Crippen LogP contribution in [0.25, 0.3) is 33.0 Å². The monoisotopic (exact) mass is 638 g/mol. The second kappa shape index (κ2) is 10.9. The average Bonchev–Trinajstić information content (AvgIpc) is 3.46. The highest BCUT2D eigenvalue weighted by Crippen LogP contribution is 2.57. The predicted molar refractivity (Wildman–Crippen MR) is 205 cm³/mol. The van der Waals surface area contributed by atoms with Crippen molar-refractivity contribution in [2.45, 2.75) is 17.8 Å². The summed E-state index contributed by atoms with van der Waals surface area (Å²) < 4.78 is 6.84. The summed E-state index contributed by atoms with van der Waals surface area (Å²) in [4.78, 5) is 0. The van der Waals surface area contributed by atoms with Gasteiger partial charge in [-0.15, -0.1) is 0 Å². The fourth-order valence-corrected chi connectivity index (χ4v) is 8.95. The lowest BCUT2D eigenvalue weighted by Crippen LogP contribution is -2.34. The highest BCUT2D eigenvalue weighted by Gasteiger charge is 2.46. The Kier molecular flexibility index (Phi) is 6.29. The molecule has 1 nitrogen and oxygen atoms in total. The topological polar surface area (TPSA) is 9.23 Å². The molecule has 0 bridgehead atoms. The number of rotatable bonds is 4. The molecular weight excluding hydrogens is 605 g/mol. The van der Waals surface area contributed by atoms with Crippen molar-refractivity contribution >= 4 is 10.8 Å². The van der Waals surface area contributed by atoms with Gasteiger partial charge in [0.1, 0.15) is 11.5 Å². The van der Waals surface area contributed by atoms with Crippen molar-refractivity contribution < 1.29 is 4.74 Å². The van der Waals surface area contributed by atoms with E-state index in [-0.39, 0.29) is 5.41 Å². The van der Waals surface area contributed by atoms with Crippen LogP contribution >= 0.6 is 0 Å². The van der Waals surface area contributed by atoms with Crippen molar-refractivity contribution in [2.24, 2.45) is 0 Å². The Balaban J connectivity index is 1.19. The molecule has 8 aromatic rings. The van der Waals surface area contributed by atoms with Crippen LogP contribution < -0.4 is 4.74 Å². The van der Waals surface area contributed by atoms with Crippen LogP contribution in [0.2, 0.25) is 0 Å². The first-order valence-corrected chi connectivity index (χ1v) is 17.4.